The third-order valence-corrected chi connectivity index (χ3v) is 5.01. The van der Waals surface area contributed by atoms with Gasteiger partial charge in [0.05, 0.1) is 6.10 Å². The molecule has 2 aliphatic heterocycles. The summed E-state index contributed by atoms with van der Waals surface area (Å²) in [5.41, 5.74) is 1.36. The lowest BCUT2D eigenvalue weighted by Crippen LogP contribution is -2.35. The van der Waals surface area contributed by atoms with E-state index in [1.807, 2.05) is 6.07 Å². The van der Waals surface area contributed by atoms with E-state index >= 15 is 0 Å². The van der Waals surface area contributed by atoms with Crippen LogP contribution in [0.3, 0.4) is 0 Å². The summed E-state index contributed by atoms with van der Waals surface area (Å²) in [6.45, 7) is 3.95. The first-order chi connectivity index (χ1) is 10.3. The Morgan fingerprint density at radius 1 is 1.29 bits per heavy atom. The summed E-state index contributed by atoms with van der Waals surface area (Å²) in [5.74, 6) is 0.786. The van der Waals surface area contributed by atoms with Crippen molar-refractivity contribution in [2.45, 2.75) is 57.1 Å². The summed E-state index contributed by atoms with van der Waals surface area (Å²) in [5, 5.41) is 0. The van der Waals surface area contributed by atoms with Crippen molar-refractivity contribution in [3.63, 3.8) is 0 Å². The molecule has 2 saturated heterocycles. The van der Waals surface area contributed by atoms with Gasteiger partial charge in [0.1, 0.15) is 0 Å². The molecule has 0 radical (unpaired) electrons. The minimum absolute atomic E-state index is 0.302. The van der Waals surface area contributed by atoms with Crippen LogP contribution in [0.15, 0.2) is 30.3 Å². The number of nitrogens with zero attached hydrogens (tertiary/aromatic N) is 1. The lowest BCUT2D eigenvalue weighted by Gasteiger charge is -2.25. The number of carbonyl (C=O) groups excluding carboxylic acids is 1. The molecule has 0 N–H and O–H groups in total. The highest BCUT2D eigenvalue weighted by Crippen LogP contribution is 2.33. The van der Waals surface area contributed by atoms with Crippen molar-refractivity contribution >= 4 is 5.91 Å². The van der Waals surface area contributed by atoms with E-state index in [-0.39, 0.29) is 0 Å². The Morgan fingerprint density at radius 3 is 2.81 bits per heavy atom. The first kappa shape index (κ1) is 14.6. The second-order valence-corrected chi connectivity index (χ2v) is 6.31. The Hall–Kier alpha value is -1.35. The number of benzene rings is 1. The highest BCUT2D eigenvalue weighted by atomic mass is 16.5. The summed E-state index contributed by atoms with van der Waals surface area (Å²) in [6, 6.07) is 10.9. The van der Waals surface area contributed by atoms with E-state index in [1.165, 1.54) is 5.56 Å². The van der Waals surface area contributed by atoms with Crippen LogP contribution >= 0.6 is 0 Å². The van der Waals surface area contributed by atoms with Gasteiger partial charge in [-0.05, 0) is 38.2 Å². The molecule has 3 nitrogen and oxygen atoms in total. The van der Waals surface area contributed by atoms with Crippen LogP contribution in [-0.4, -0.2) is 36.1 Å². The van der Waals surface area contributed by atoms with Crippen molar-refractivity contribution in [1.82, 2.24) is 4.90 Å². The molecule has 2 aliphatic rings. The van der Waals surface area contributed by atoms with Crippen molar-refractivity contribution in [3.05, 3.63) is 35.9 Å². The van der Waals surface area contributed by atoms with E-state index in [0.717, 1.165) is 38.8 Å². The van der Waals surface area contributed by atoms with Gasteiger partial charge in [-0.1, -0.05) is 30.3 Å². The van der Waals surface area contributed by atoms with Gasteiger partial charge in [0.15, 0.2) is 0 Å². The van der Waals surface area contributed by atoms with E-state index < -0.39 is 0 Å². The largest absolute Gasteiger partial charge is 0.378 e. The van der Waals surface area contributed by atoms with Gasteiger partial charge in [0.2, 0.25) is 5.91 Å². The Morgan fingerprint density at radius 2 is 2.10 bits per heavy atom. The van der Waals surface area contributed by atoms with E-state index in [0.29, 0.717) is 30.4 Å². The molecule has 0 spiro atoms. The monoisotopic (exact) mass is 287 g/mol. The molecular formula is C18H25NO2. The van der Waals surface area contributed by atoms with Gasteiger partial charge in [0.25, 0.3) is 0 Å². The maximum absolute atomic E-state index is 12.5. The third kappa shape index (κ3) is 3.29. The highest BCUT2D eigenvalue weighted by Gasteiger charge is 2.34. The van der Waals surface area contributed by atoms with Crippen LogP contribution in [0.4, 0.5) is 0 Å². The molecular weight excluding hydrogens is 262 g/mol. The van der Waals surface area contributed by atoms with E-state index in [9.17, 15) is 4.79 Å². The molecule has 0 bridgehead atoms. The number of likely N-dealkylation sites (tertiary alicyclic amines) is 1. The lowest BCUT2D eigenvalue weighted by molar-refractivity contribution is -0.132. The third-order valence-electron chi connectivity index (χ3n) is 5.01. The normalized spacial score (nSPS) is 29.0. The predicted molar refractivity (Wildman–Crippen MR) is 83.2 cm³/mol. The van der Waals surface area contributed by atoms with E-state index in [4.69, 9.17) is 4.74 Å². The first-order valence-corrected chi connectivity index (χ1v) is 8.21. The van der Waals surface area contributed by atoms with Gasteiger partial charge in [-0.25, -0.2) is 0 Å². The summed E-state index contributed by atoms with van der Waals surface area (Å²) >= 11 is 0. The summed E-state index contributed by atoms with van der Waals surface area (Å²) in [6.07, 6.45) is 5.19. The Balaban J connectivity index is 1.55. The van der Waals surface area contributed by atoms with Gasteiger partial charge in [-0.3, -0.25) is 4.79 Å². The average Bonchev–Trinajstić information content (AvgIpc) is 3.15. The molecule has 21 heavy (non-hydrogen) atoms. The van der Waals surface area contributed by atoms with E-state index in [1.54, 1.807) is 0 Å². The minimum atomic E-state index is 0.302. The smallest absolute Gasteiger partial charge is 0.222 e. The Kier molecular flexibility index (Phi) is 4.59. The number of ether oxygens (including phenoxy) is 1. The van der Waals surface area contributed by atoms with Crippen molar-refractivity contribution in [2.75, 3.05) is 13.2 Å². The van der Waals surface area contributed by atoms with Gasteiger partial charge in [0, 0.05) is 31.5 Å². The number of amides is 1. The molecule has 1 amide bonds. The Bertz CT molecular complexity index is 467. The average molecular weight is 287 g/mol. The van der Waals surface area contributed by atoms with Crippen LogP contribution in [-0.2, 0) is 9.53 Å². The predicted octanol–water partition coefficient (Wildman–Crippen LogP) is 3.35. The molecule has 1 aromatic carbocycles. The molecule has 3 rings (SSSR count). The molecule has 114 valence electrons. The highest BCUT2D eigenvalue weighted by molar-refractivity contribution is 5.77. The van der Waals surface area contributed by atoms with Crippen LogP contribution in [0.5, 0.6) is 0 Å². The molecule has 2 heterocycles. The van der Waals surface area contributed by atoms with E-state index in [2.05, 4.69) is 36.1 Å². The summed E-state index contributed by atoms with van der Waals surface area (Å²) < 4.78 is 5.61. The molecule has 3 atom stereocenters. The molecule has 0 aromatic heterocycles. The zero-order chi connectivity index (χ0) is 14.7. The van der Waals surface area contributed by atoms with Gasteiger partial charge < -0.3 is 9.64 Å². The van der Waals surface area contributed by atoms with Crippen molar-refractivity contribution in [3.8, 4) is 0 Å². The number of hydrogen-bond acceptors (Lipinski definition) is 2. The fraction of sp³-hybridized carbons (Fsp3) is 0.611. The van der Waals surface area contributed by atoms with Crippen LogP contribution < -0.4 is 0 Å². The van der Waals surface area contributed by atoms with Crippen LogP contribution in [0, 0.1) is 0 Å². The standard InChI is InChI=1S/C18H25NO2/c1-14-17(15-6-3-2-4-7-15)11-12-19(14)18(20)10-9-16-8-5-13-21-16/h2-4,6-7,14,16-17H,5,8-13H2,1H3/t14-,16+,17-/m1/s1. The summed E-state index contributed by atoms with van der Waals surface area (Å²) in [7, 11) is 0. The Labute approximate surface area is 127 Å². The van der Waals surface area contributed by atoms with Crippen LogP contribution in [0.25, 0.3) is 0 Å². The molecule has 3 heteroatoms. The number of hydrogen-bond donors (Lipinski definition) is 0. The maximum atomic E-state index is 12.5. The van der Waals surface area contributed by atoms with Crippen LogP contribution in [0.2, 0.25) is 0 Å². The molecule has 1 aromatic rings. The minimum Gasteiger partial charge on any atom is -0.378 e. The maximum Gasteiger partial charge on any atom is 0.222 e. The first-order valence-electron chi connectivity index (χ1n) is 8.21. The molecule has 0 aliphatic carbocycles. The molecule has 0 unspecified atom stereocenters. The van der Waals surface area contributed by atoms with Gasteiger partial charge >= 0.3 is 0 Å². The topological polar surface area (TPSA) is 29.5 Å². The molecule has 2 fully saturated rings. The van der Waals surface area contributed by atoms with Crippen molar-refractivity contribution < 1.29 is 9.53 Å². The SMILES string of the molecule is C[C@@H]1[C@H](c2ccccc2)CCN1C(=O)CC[C@@H]1CCCO1. The lowest BCUT2D eigenvalue weighted by atomic mass is 9.93. The van der Waals surface area contributed by atoms with Crippen LogP contribution in [0.1, 0.15) is 50.5 Å². The van der Waals surface area contributed by atoms with Gasteiger partial charge in [-0.15, -0.1) is 0 Å². The zero-order valence-corrected chi connectivity index (χ0v) is 12.8. The molecule has 0 saturated carbocycles. The number of rotatable bonds is 4. The quantitative estimate of drug-likeness (QED) is 0.850. The zero-order valence-electron chi connectivity index (χ0n) is 12.8. The number of carbonyl (C=O) groups is 1. The fourth-order valence-corrected chi connectivity index (χ4v) is 3.74. The summed E-state index contributed by atoms with van der Waals surface area (Å²) in [4.78, 5) is 14.5. The second-order valence-electron chi connectivity index (χ2n) is 6.31. The van der Waals surface area contributed by atoms with Crippen molar-refractivity contribution in [1.29, 1.82) is 0 Å². The van der Waals surface area contributed by atoms with Gasteiger partial charge in [-0.2, -0.15) is 0 Å². The fourth-order valence-electron chi connectivity index (χ4n) is 3.74. The van der Waals surface area contributed by atoms with Crippen molar-refractivity contribution in [2.24, 2.45) is 0 Å². The second kappa shape index (κ2) is 6.61.